The molecule has 0 saturated carbocycles. The van der Waals surface area contributed by atoms with E-state index >= 15 is 0 Å². The monoisotopic (exact) mass is 251 g/mol. The third kappa shape index (κ3) is 4.09. The van der Waals surface area contributed by atoms with Gasteiger partial charge in [-0.3, -0.25) is 4.79 Å². The molecule has 0 amide bonds. The lowest BCUT2D eigenvalue weighted by atomic mass is 10.3. The number of rotatable bonds is 4. The first kappa shape index (κ1) is 12.8. The number of carbonyl (C=O) groups is 1. The van der Waals surface area contributed by atoms with Crippen molar-refractivity contribution < 1.29 is 23.1 Å². The molecule has 16 heavy (non-hydrogen) atoms. The molecule has 1 rings (SSSR count). The van der Waals surface area contributed by atoms with Crippen LogP contribution in [0.2, 0.25) is 0 Å². The maximum Gasteiger partial charge on any atom is 0.401 e. The van der Waals surface area contributed by atoms with Gasteiger partial charge in [0.2, 0.25) is 0 Å². The van der Waals surface area contributed by atoms with Crippen molar-refractivity contribution in [3.63, 3.8) is 0 Å². The minimum atomic E-state index is -4.55. The number of aliphatic carboxylic acids is 1. The van der Waals surface area contributed by atoms with Crippen molar-refractivity contribution in [2.24, 2.45) is 0 Å². The minimum Gasteiger partial charge on any atom is -0.481 e. The molecular formula is C9H8F3NO2S. The van der Waals surface area contributed by atoms with E-state index in [1.165, 1.54) is 12.3 Å². The molecule has 7 heteroatoms. The van der Waals surface area contributed by atoms with Crippen LogP contribution in [0.25, 0.3) is 0 Å². The number of thioether (sulfide) groups is 1. The van der Waals surface area contributed by atoms with Crippen LogP contribution < -0.4 is 0 Å². The van der Waals surface area contributed by atoms with Crippen LogP contribution in [0.4, 0.5) is 13.2 Å². The summed E-state index contributed by atoms with van der Waals surface area (Å²) >= 11 is 0.407. The zero-order chi connectivity index (χ0) is 12.2. The van der Waals surface area contributed by atoms with Gasteiger partial charge in [-0.1, -0.05) is 17.8 Å². The van der Waals surface area contributed by atoms with E-state index in [0.717, 1.165) is 0 Å². The standard InChI is InChI=1S/C9H8F3NO2S/c10-9(11,12)6(5-8(14)15)16-7-3-1-2-4-13-7/h1-4,6H,5H2,(H,14,15). The number of carboxylic acid groups (broad SMARTS) is 1. The van der Waals surface area contributed by atoms with Crippen LogP contribution in [0, 0.1) is 0 Å². The fourth-order valence-corrected chi connectivity index (χ4v) is 1.88. The molecule has 1 unspecified atom stereocenters. The van der Waals surface area contributed by atoms with Crippen molar-refractivity contribution >= 4 is 17.7 Å². The van der Waals surface area contributed by atoms with E-state index in [2.05, 4.69) is 4.98 Å². The number of nitrogens with zero attached hydrogens (tertiary/aromatic N) is 1. The molecule has 0 aromatic carbocycles. The number of alkyl halides is 3. The number of hydrogen-bond donors (Lipinski definition) is 1. The second-order valence-electron chi connectivity index (χ2n) is 2.91. The summed E-state index contributed by atoms with van der Waals surface area (Å²) in [5.74, 6) is -1.48. The summed E-state index contributed by atoms with van der Waals surface area (Å²) in [5.41, 5.74) is 0. The minimum absolute atomic E-state index is 0.158. The summed E-state index contributed by atoms with van der Waals surface area (Å²) in [7, 11) is 0. The van der Waals surface area contributed by atoms with Crippen LogP contribution in [0.1, 0.15) is 6.42 Å². The lowest BCUT2D eigenvalue weighted by Crippen LogP contribution is -2.28. The predicted molar refractivity (Wildman–Crippen MR) is 52.2 cm³/mol. The van der Waals surface area contributed by atoms with Crippen molar-refractivity contribution in [1.82, 2.24) is 4.98 Å². The number of carboxylic acids is 1. The largest absolute Gasteiger partial charge is 0.481 e. The van der Waals surface area contributed by atoms with Crippen LogP contribution in [-0.4, -0.2) is 27.5 Å². The lowest BCUT2D eigenvalue weighted by Gasteiger charge is -2.17. The molecule has 1 aromatic rings. The molecule has 0 spiro atoms. The SMILES string of the molecule is O=C(O)CC(Sc1ccccn1)C(F)(F)F. The molecule has 1 aromatic heterocycles. The Morgan fingerprint density at radius 1 is 1.50 bits per heavy atom. The topological polar surface area (TPSA) is 50.2 Å². The van der Waals surface area contributed by atoms with Gasteiger partial charge in [0.1, 0.15) is 5.25 Å². The molecule has 88 valence electrons. The van der Waals surface area contributed by atoms with Crippen LogP contribution in [-0.2, 0) is 4.79 Å². The Kier molecular flexibility index (Phi) is 4.17. The first-order valence-corrected chi connectivity index (χ1v) is 5.14. The highest BCUT2D eigenvalue weighted by molar-refractivity contribution is 8.00. The van der Waals surface area contributed by atoms with E-state index in [1.807, 2.05) is 0 Å². The smallest absolute Gasteiger partial charge is 0.401 e. The highest BCUT2D eigenvalue weighted by Gasteiger charge is 2.41. The van der Waals surface area contributed by atoms with Gasteiger partial charge in [-0.05, 0) is 12.1 Å². The average Bonchev–Trinajstić information content (AvgIpc) is 2.16. The maximum atomic E-state index is 12.5. The van der Waals surface area contributed by atoms with E-state index in [-0.39, 0.29) is 5.03 Å². The summed E-state index contributed by atoms with van der Waals surface area (Å²) < 4.78 is 37.4. The Bertz CT molecular complexity index is 356. The van der Waals surface area contributed by atoms with E-state index < -0.39 is 23.8 Å². The van der Waals surface area contributed by atoms with E-state index in [0.29, 0.717) is 11.8 Å². The summed E-state index contributed by atoms with van der Waals surface area (Å²) in [6.45, 7) is 0. The Labute approximate surface area is 93.7 Å². The van der Waals surface area contributed by atoms with Crippen LogP contribution in [0.3, 0.4) is 0 Å². The van der Waals surface area contributed by atoms with Crippen molar-refractivity contribution in [2.75, 3.05) is 0 Å². The molecule has 0 aliphatic carbocycles. The molecule has 0 radical (unpaired) electrons. The van der Waals surface area contributed by atoms with Gasteiger partial charge >= 0.3 is 12.1 Å². The second kappa shape index (κ2) is 5.20. The first-order valence-electron chi connectivity index (χ1n) is 4.26. The van der Waals surface area contributed by atoms with Crippen LogP contribution in [0.5, 0.6) is 0 Å². The number of halogens is 3. The maximum absolute atomic E-state index is 12.5. The quantitative estimate of drug-likeness (QED) is 0.835. The summed E-state index contributed by atoms with van der Waals surface area (Å²) in [6.07, 6.45) is -4.16. The van der Waals surface area contributed by atoms with Gasteiger partial charge in [0.05, 0.1) is 11.4 Å². The third-order valence-corrected chi connectivity index (χ3v) is 2.83. The van der Waals surface area contributed by atoms with E-state index in [9.17, 15) is 18.0 Å². The fraction of sp³-hybridized carbons (Fsp3) is 0.333. The van der Waals surface area contributed by atoms with Gasteiger partial charge in [-0.2, -0.15) is 13.2 Å². The van der Waals surface area contributed by atoms with Crippen molar-refractivity contribution in [2.45, 2.75) is 22.9 Å². The van der Waals surface area contributed by atoms with Crippen molar-refractivity contribution in [1.29, 1.82) is 0 Å². The van der Waals surface area contributed by atoms with E-state index in [4.69, 9.17) is 5.11 Å². The zero-order valence-corrected chi connectivity index (χ0v) is 8.76. The molecule has 0 aliphatic rings. The highest BCUT2D eigenvalue weighted by atomic mass is 32.2. The van der Waals surface area contributed by atoms with Gasteiger partial charge in [0.15, 0.2) is 0 Å². The average molecular weight is 251 g/mol. The summed E-state index contributed by atoms with van der Waals surface area (Å²) in [4.78, 5) is 14.0. The molecular weight excluding hydrogens is 243 g/mol. The number of aromatic nitrogens is 1. The molecule has 1 N–H and O–H groups in total. The van der Waals surface area contributed by atoms with Gasteiger partial charge in [-0.15, -0.1) is 0 Å². The Hall–Kier alpha value is -1.24. The molecule has 0 aliphatic heterocycles. The zero-order valence-electron chi connectivity index (χ0n) is 7.94. The van der Waals surface area contributed by atoms with Gasteiger partial charge in [0, 0.05) is 6.20 Å². The van der Waals surface area contributed by atoms with Crippen molar-refractivity contribution in [3.8, 4) is 0 Å². The van der Waals surface area contributed by atoms with Crippen LogP contribution >= 0.6 is 11.8 Å². The first-order chi connectivity index (χ1) is 7.39. The van der Waals surface area contributed by atoms with Crippen molar-refractivity contribution in [3.05, 3.63) is 24.4 Å². The van der Waals surface area contributed by atoms with Gasteiger partial charge < -0.3 is 5.11 Å². The number of pyridine rings is 1. The number of hydrogen-bond acceptors (Lipinski definition) is 3. The second-order valence-corrected chi connectivity index (χ2v) is 4.14. The molecule has 3 nitrogen and oxygen atoms in total. The third-order valence-electron chi connectivity index (χ3n) is 1.63. The fourth-order valence-electron chi connectivity index (χ4n) is 0.945. The predicted octanol–water partition coefficient (Wildman–Crippen LogP) is 2.58. The lowest BCUT2D eigenvalue weighted by molar-refractivity contribution is -0.149. The molecule has 1 atom stereocenters. The van der Waals surface area contributed by atoms with E-state index in [1.54, 1.807) is 12.1 Å². The normalized spacial score (nSPS) is 13.4. The highest BCUT2D eigenvalue weighted by Crippen LogP contribution is 2.36. The molecule has 1 heterocycles. The molecule has 0 saturated heterocycles. The Morgan fingerprint density at radius 3 is 2.62 bits per heavy atom. The molecule has 0 bridgehead atoms. The Morgan fingerprint density at radius 2 is 2.19 bits per heavy atom. The molecule has 0 fully saturated rings. The Balaban J connectivity index is 2.75. The van der Waals surface area contributed by atoms with Gasteiger partial charge in [-0.25, -0.2) is 4.98 Å². The van der Waals surface area contributed by atoms with Crippen LogP contribution in [0.15, 0.2) is 29.4 Å². The van der Waals surface area contributed by atoms with Gasteiger partial charge in [0.25, 0.3) is 0 Å². The summed E-state index contributed by atoms with van der Waals surface area (Å²) in [5, 5.41) is 6.58. The summed E-state index contributed by atoms with van der Waals surface area (Å²) in [6, 6.07) is 4.53.